The van der Waals surface area contributed by atoms with Crippen molar-refractivity contribution < 1.29 is 0 Å². The van der Waals surface area contributed by atoms with Crippen LogP contribution in [0.5, 0.6) is 0 Å². The van der Waals surface area contributed by atoms with Crippen molar-refractivity contribution in [1.29, 1.82) is 0 Å². The highest BCUT2D eigenvalue weighted by Crippen LogP contribution is 2.28. The van der Waals surface area contributed by atoms with Crippen molar-refractivity contribution in [3.05, 3.63) is 33.3 Å². The number of thiophene rings is 1. The summed E-state index contributed by atoms with van der Waals surface area (Å²) >= 11 is 1.88. The molecule has 1 atom stereocenters. The second-order valence-corrected chi connectivity index (χ2v) is 5.53. The highest BCUT2D eigenvalue weighted by Gasteiger charge is 2.12. The van der Waals surface area contributed by atoms with Gasteiger partial charge in [0.25, 0.3) is 0 Å². The molecule has 2 aromatic rings. The lowest BCUT2D eigenvalue weighted by Crippen LogP contribution is -2.06. The highest BCUT2D eigenvalue weighted by molar-refractivity contribution is 7.12. The number of rotatable bonds is 4. The van der Waals surface area contributed by atoms with Crippen LogP contribution in [0.25, 0.3) is 0 Å². The molecular formula is C13H19N3S. The first-order chi connectivity index (χ1) is 8.11. The van der Waals surface area contributed by atoms with Crippen LogP contribution in [0, 0.1) is 13.8 Å². The van der Waals surface area contributed by atoms with Crippen molar-refractivity contribution in [2.75, 3.05) is 5.32 Å². The Morgan fingerprint density at radius 3 is 2.71 bits per heavy atom. The van der Waals surface area contributed by atoms with E-state index in [1.807, 2.05) is 25.2 Å². The van der Waals surface area contributed by atoms with Gasteiger partial charge >= 0.3 is 0 Å². The lowest BCUT2D eigenvalue weighted by molar-refractivity contribution is 0.903. The summed E-state index contributed by atoms with van der Waals surface area (Å²) < 4.78 is 0. The van der Waals surface area contributed by atoms with Gasteiger partial charge < -0.3 is 5.32 Å². The lowest BCUT2D eigenvalue weighted by Gasteiger charge is -2.13. The fraction of sp³-hybridized carbons (Fsp3) is 0.462. The van der Waals surface area contributed by atoms with Crippen LogP contribution in [0.15, 0.2) is 12.1 Å². The summed E-state index contributed by atoms with van der Waals surface area (Å²) in [5, 5.41) is 10.7. The van der Waals surface area contributed by atoms with Crippen LogP contribution in [-0.2, 0) is 6.42 Å². The maximum Gasteiger partial charge on any atom is 0.0825 e. The van der Waals surface area contributed by atoms with Crippen LogP contribution in [0.2, 0.25) is 0 Å². The molecule has 0 saturated heterocycles. The first kappa shape index (κ1) is 12.2. The van der Waals surface area contributed by atoms with Gasteiger partial charge in [0, 0.05) is 9.75 Å². The van der Waals surface area contributed by atoms with Gasteiger partial charge in [0.1, 0.15) is 0 Å². The number of aromatic nitrogens is 2. The van der Waals surface area contributed by atoms with Crippen LogP contribution in [0.4, 0.5) is 5.69 Å². The molecule has 0 aromatic carbocycles. The van der Waals surface area contributed by atoms with E-state index in [2.05, 4.69) is 41.5 Å². The van der Waals surface area contributed by atoms with Gasteiger partial charge in [-0.15, -0.1) is 11.3 Å². The van der Waals surface area contributed by atoms with Crippen molar-refractivity contribution in [3.63, 3.8) is 0 Å². The summed E-state index contributed by atoms with van der Waals surface area (Å²) in [5.74, 6) is 0. The quantitative estimate of drug-likeness (QED) is 0.864. The number of nitrogens with zero attached hydrogens (tertiary/aromatic N) is 1. The molecule has 0 saturated carbocycles. The molecule has 0 aliphatic heterocycles. The predicted molar refractivity (Wildman–Crippen MR) is 73.8 cm³/mol. The zero-order valence-corrected chi connectivity index (χ0v) is 11.6. The van der Waals surface area contributed by atoms with E-state index in [4.69, 9.17) is 0 Å². The van der Waals surface area contributed by atoms with Gasteiger partial charge in [0.15, 0.2) is 0 Å². The van der Waals surface area contributed by atoms with Gasteiger partial charge in [0.05, 0.1) is 23.1 Å². The van der Waals surface area contributed by atoms with Crippen molar-refractivity contribution >= 4 is 17.0 Å². The number of hydrogen-bond donors (Lipinski definition) is 2. The molecule has 4 heteroatoms. The summed E-state index contributed by atoms with van der Waals surface area (Å²) in [5.41, 5.74) is 3.26. The van der Waals surface area contributed by atoms with Gasteiger partial charge in [0.2, 0.25) is 0 Å². The van der Waals surface area contributed by atoms with E-state index in [0.29, 0.717) is 6.04 Å². The number of nitrogens with one attached hydrogen (secondary N) is 2. The number of hydrogen-bond acceptors (Lipinski definition) is 3. The highest BCUT2D eigenvalue weighted by atomic mass is 32.1. The van der Waals surface area contributed by atoms with Crippen LogP contribution < -0.4 is 5.32 Å². The molecule has 0 aliphatic carbocycles. The third-order valence-corrected chi connectivity index (χ3v) is 4.36. The standard InChI is InChI=1S/C13H19N3S/c1-5-11-6-7-12(17-11)8(2)14-13-9(3)15-16-10(13)4/h6-8,14H,5H2,1-4H3,(H,15,16). The Morgan fingerprint density at radius 2 is 2.18 bits per heavy atom. The van der Waals surface area contributed by atoms with E-state index in [0.717, 1.165) is 23.5 Å². The molecule has 17 heavy (non-hydrogen) atoms. The van der Waals surface area contributed by atoms with Crippen molar-refractivity contribution in [2.24, 2.45) is 0 Å². The number of H-pyrrole nitrogens is 1. The van der Waals surface area contributed by atoms with Crippen LogP contribution in [0.3, 0.4) is 0 Å². The summed E-state index contributed by atoms with van der Waals surface area (Å²) in [7, 11) is 0. The summed E-state index contributed by atoms with van der Waals surface area (Å²) in [6.07, 6.45) is 1.11. The molecule has 2 N–H and O–H groups in total. The summed E-state index contributed by atoms with van der Waals surface area (Å²) in [6.45, 7) is 8.45. The Kier molecular flexibility index (Phi) is 3.52. The molecule has 2 aromatic heterocycles. The fourth-order valence-electron chi connectivity index (χ4n) is 1.87. The summed E-state index contributed by atoms with van der Waals surface area (Å²) in [6, 6.07) is 4.76. The molecule has 0 fully saturated rings. The first-order valence-corrected chi connectivity index (χ1v) is 6.80. The van der Waals surface area contributed by atoms with Gasteiger partial charge in [-0.2, -0.15) is 5.10 Å². The van der Waals surface area contributed by atoms with E-state index < -0.39 is 0 Å². The Bertz CT molecular complexity index is 479. The number of anilines is 1. The van der Waals surface area contributed by atoms with Gasteiger partial charge in [-0.25, -0.2) is 0 Å². The predicted octanol–water partition coefficient (Wildman–Crippen LogP) is 3.82. The largest absolute Gasteiger partial charge is 0.375 e. The SMILES string of the molecule is CCc1ccc(C(C)Nc2c(C)n[nH]c2C)s1. The zero-order chi connectivity index (χ0) is 12.4. The molecule has 1 unspecified atom stereocenters. The number of aryl methyl sites for hydroxylation is 3. The van der Waals surface area contributed by atoms with E-state index in [1.165, 1.54) is 9.75 Å². The monoisotopic (exact) mass is 249 g/mol. The molecule has 3 nitrogen and oxygen atoms in total. The van der Waals surface area contributed by atoms with Crippen LogP contribution in [-0.4, -0.2) is 10.2 Å². The van der Waals surface area contributed by atoms with Crippen molar-refractivity contribution in [1.82, 2.24) is 10.2 Å². The van der Waals surface area contributed by atoms with E-state index in [1.54, 1.807) is 0 Å². The van der Waals surface area contributed by atoms with Crippen LogP contribution >= 0.6 is 11.3 Å². The second kappa shape index (κ2) is 4.92. The summed E-state index contributed by atoms with van der Waals surface area (Å²) in [4.78, 5) is 2.82. The molecule has 0 amide bonds. The van der Waals surface area contributed by atoms with Crippen molar-refractivity contribution in [3.8, 4) is 0 Å². The van der Waals surface area contributed by atoms with E-state index in [9.17, 15) is 0 Å². The van der Waals surface area contributed by atoms with Crippen molar-refractivity contribution in [2.45, 2.75) is 40.2 Å². The topological polar surface area (TPSA) is 40.7 Å². The maximum atomic E-state index is 4.20. The lowest BCUT2D eigenvalue weighted by atomic mass is 10.2. The third kappa shape index (κ3) is 2.52. The third-order valence-electron chi connectivity index (χ3n) is 2.95. The fourth-order valence-corrected chi connectivity index (χ4v) is 2.82. The van der Waals surface area contributed by atoms with Gasteiger partial charge in [-0.05, 0) is 39.3 Å². The molecule has 0 spiro atoms. The Hall–Kier alpha value is -1.29. The zero-order valence-electron chi connectivity index (χ0n) is 10.8. The first-order valence-electron chi connectivity index (χ1n) is 5.98. The Balaban J connectivity index is 2.14. The van der Waals surface area contributed by atoms with Gasteiger partial charge in [-0.3, -0.25) is 5.10 Å². The minimum atomic E-state index is 0.329. The molecule has 92 valence electrons. The molecule has 0 aliphatic rings. The Morgan fingerprint density at radius 1 is 1.41 bits per heavy atom. The average Bonchev–Trinajstić information content (AvgIpc) is 2.90. The number of aromatic amines is 1. The molecule has 2 heterocycles. The maximum absolute atomic E-state index is 4.20. The second-order valence-electron chi connectivity index (χ2n) is 4.33. The van der Waals surface area contributed by atoms with Gasteiger partial charge in [-0.1, -0.05) is 6.92 Å². The molecule has 0 bridgehead atoms. The average molecular weight is 249 g/mol. The van der Waals surface area contributed by atoms with E-state index >= 15 is 0 Å². The minimum Gasteiger partial charge on any atom is -0.375 e. The molecule has 0 radical (unpaired) electrons. The van der Waals surface area contributed by atoms with Crippen LogP contribution in [0.1, 0.15) is 41.0 Å². The smallest absolute Gasteiger partial charge is 0.0825 e. The minimum absolute atomic E-state index is 0.329. The van der Waals surface area contributed by atoms with E-state index in [-0.39, 0.29) is 0 Å². The molecular weight excluding hydrogens is 230 g/mol. The normalized spacial score (nSPS) is 12.7. The Labute approximate surface area is 106 Å². The molecule has 2 rings (SSSR count).